The molecule has 3 aliphatic rings. The zero-order valence-electron chi connectivity index (χ0n) is 15.3. The van der Waals surface area contributed by atoms with Gasteiger partial charge in [0.25, 0.3) is 5.09 Å². The minimum atomic E-state index is -1.50. The quantitative estimate of drug-likeness (QED) is 0.259. The van der Waals surface area contributed by atoms with E-state index in [-0.39, 0.29) is 18.7 Å². The normalized spacial score (nSPS) is 33.1. The number of ether oxygens (including phenoxy) is 2. The lowest BCUT2D eigenvalue weighted by molar-refractivity contribution is -0.938. The Kier molecular flexibility index (Phi) is 5.36. The van der Waals surface area contributed by atoms with Crippen LogP contribution in [0.25, 0.3) is 0 Å². The number of nitrogens with zero attached hydrogens (tertiary/aromatic N) is 2. The van der Waals surface area contributed by atoms with E-state index in [9.17, 15) is 9.90 Å². The van der Waals surface area contributed by atoms with Gasteiger partial charge in [-0.25, -0.2) is 0 Å². The Morgan fingerprint density at radius 3 is 2.30 bits per heavy atom. The summed E-state index contributed by atoms with van der Waals surface area (Å²) in [5, 5.41) is 23.2. The molecular weight excluding hydrogens is 356 g/mol. The molecule has 0 saturated carbocycles. The van der Waals surface area contributed by atoms with Crippen molar-refractivity contribution in [3.63, 3.8) is 0 Å². The van der Waals surface area contributed by atoms with E-state index in [4.69, 9.17) is 24.8 Å². The van der Waals surface area contributed by atoms with Crippen LogP contribution in [0.1, 0.15) is 24.3 Å². The van der Waals surface area contributed by atoms with Gasteiger partial charge in [0.2, 0.25) is 0 Å². The number of aliphatic hydroxyl groups excluding tert-OH is 1. The molecule has 0 spiro atoms. The van der Waals surface area contributed by atoms with Gasteiger partial charge in [0, 0.05) is 12.8 Å². The van der Waals surface area contributed by atoms with Crippen LogP contribution in [-0.4, -0.2) is 77.0 Å². The summed E-state index contributed by atoms with van der Waals surface area (Å²) in [5.74, 6) is -0.908. The first-order chi connectivity index (χ1) is 12.8. The van der Waals surface area contributed by atoms with Gasteiger partial charge in [-0.1, -0.05) is 30.3 Å². The highest BCUT2D eigenvalue weighted by Gasteiger charge is 2.70. The number of morpholine rings is 1. The fourth-order valence-electron chi connectivity index (χ4n) is 4.55. The number of esters is 1. The molecule has 4 rings (SSSR count). The van der Waals surface area contributed by atoms with Crippen LogP contribution < -0.4 is 0 Å². The SMILES string of the molecule is C[N+]1(C)C2CC(OC(=O)C(CO)c3ccccc3)CC1C1OC12.O=[N+]([O-])O. The van der Waals surface area contributed by atoms with Crippen LogP contribution in [0.4, 0.5) is 0 Å². The molecule has 3 heterocycles. The number of carbonyl (C=O) groups is 1. The monoisotopic (exact) mass is 381 g/mol. The van der Waals surface area contributed by atoms with E-state index in [1.165, 1.54) is 0 Å². The summed E-state index contributed by atoms with van der Waals surface area (Å²) in [4.78, 5) is 20.9. The van der Waals surface area contributed by atoms with Crippen molar-refractivity contribution in [2.45, 2.75) is 49.2 Å². The maximum absolute atomic E-state index is 12.5. The molecule has 5 atom stereocenters. The lowest BCUT2D eigenvalue weighted by Crippen LogP contribution is -2.60. The van der Waals surface area contributed by atoms with Crippen LogP contribution in [0.2, 0.25) is 0 Å². The molecule has 3 fully saturated rings. The van der Waals surface area contributed by atoms with Crippen LogP contribution in [0.5, 0.6) is 0 Å². The Balaban J connectivity index is 0.000000481. The van der Waals surface area contributed by atoms with Gasteiger partial charge in [0.05, 0.1) is 20.7 Å². The Morgan fingerprint density at radius 1 is 1.30 bits per heavy atom. The van der Waals surface area contributed by atoms with Gasteiger partial charge in [-0.3, -0.25) is 4.79 Å². The topological polar surface area (TPSA) is 122 Å². The predicted molar refractivity (Wildman–Crippen MR) is 92.5 cm³/mol. The number of rotatable bonds is 4. The molecule has 1 aromatic rings. The Labute approximate surface area is 156 Å². The molecular formula is C18H25N2O7+. The summed E-state index contributed by atoms with van der Waals surface area (Å²) in [6.45, 7) is -0.224. The Hall–Kier alpha value is -2.23. The maximum Gasteiger partial charge on any atom is 0.316 e. The standard InChI is InChI=1S/C18H24NO4.HNO3/c1-19(2)14-8-12(9-15(19)17-16(14)23-17)22-18(21)13(10-20)11-6-4-3-5-7-11;2-1(3)4/h3-7,12-17,20H,8-10H2,1-2H3;(H,2,3,4)/q+1;. The van der Waals surface area contributed by atoms with Gasteiger partial charge in [0.1, 0.15) is 36.3 Å². The number of epoxide rings is 1. The highest BCUT2D eigenvalue weighted by Crippen LogP contribution is 2.51. The number of carbonyl (C=O) groups excluding carboxylic acids is 1. The summed E-state index contributed by atoms with van der Waals surface area (Å²) in [6.07, 6.45) is 2.34. The number of likely N-dealkylation sites (N-methyl/N-ethyl adjacent to an activating group) is 1. The molecule has 148 valence electrons. The van der Waals surface area contributed by atoms with E-state index in [1.54, 1.807) is 0 Å². The molecule has 9 heteroatoms. The molecule has 0 amide bonds. The lowest BCUT2D eigenvalue weighted by Gasteiger charge is -2.45. The third-order valence-electron chi connectivity index (χ3n) is 5.99. The first kappa shape index (κ1) is 19.5. The molecule has 0 aromatic heterocycles. The first-order valence-corrected chi connectivity index (χ1v) is 8.94. The molecule has 2 bridgehead atoms. The molecule has 1 aromatic carbocycles. The molecule has 9 nitrogen and oxygen atoms in total. The van der Waals surface area contributed by atoms with Gasteiger partial charge in [-0.2, -0.15) is 0 Å². The van der Waals surface area contributed by atoms with E-state index in [2.05, 4.69) is 14.1 Å². The molecule has 27 heavy (non-hydrogen) atoms. The largest absolute Gasteiger partial charge is 0.461 e. The van der Waals surface area contributed by atoms with Gasteiger partial charge in [-0.05, 0) is 5.56 Å². The van der Waals surface area contributed by atoms with Crippen molar-refractivity contribution < 1.29 is 34.2 Å². The van der Waals surface area contributed by atoms with Gasteiger partial charge in [0.15, 0.2) is 0 Å². The predicted octanol–water partition coefficient (Wildman–Crippen LogP) is 0.715. The number of quaternary nitrogens is 1. The average molecular weight is 381 g/mol. The van der Waals surface area contributed by atoms with Crippen molar-refractivity contribution in [2.24, 2.45) is 0 Å². The summed E-state index contributed by atoms with van der Waals surface area (Å²) in [7, 11) is 4.51. The molecule has 2 N–H and O–H groups in total. The van der Waals surface area contributed by atoms with E-state index in [1.807, 2.05) is 30.3 Å². The second-order valence-electron chi connectivity index (χ2n) is 7.74. The number of aliphatic hydroxyl groups is 1. The molecule has 5 unspecified atom stereocenters. The van der Waals surface area contributed by atoms with Crippen LogP contribution in [0.3, 0.4) is 0 Å². The van der Waals surface area contributed by atoms with E-state index >= 15 is 0 Å². The van der Waals surface area contributed by atoms with E-state index in [0.29, 0.717) is 24.3 Å². The Bertz CT molecular complexity index is 672. The minimum Gasteiger partial charge on any atom is -0.461 e. The second kappa shape index (κ2) is 7.41. The van der Waals surface area contributed by atoms with E-state index in [0.717, 1.165) is 22.9 Å². The summed E-state index contributed by atoms with van der Waals surface area (Å²) in [5.41, 5.74) is 0.807. The van der Waals surface area contributed by atoms with Gasteiger partial charge < -0.3 is 24.3 Å². The van der Waals surface area contributed by atoms with E-state index < -0.39 is 11.0 Å². The Morgan fingerprint density at radius 2 is 1.81 bits per heavy atom. The smallest absolute Gasteiger partial charge is 0.316 e. The van der Waals surface area contributed by atoms with Crippen LogP contribution in [-0.2, 0) is 14.3 Å². The van der Waals surface area contributed by atoms with Crippen molar-refractivity contribution in [1.82, 2.24) is 0 Å². The molecule has 0 aliphatic carbocycles. The average Bonchev–Trinajstić information content (AvgIpc) is 3.34. The zero-order chi connectivity index (χ0) is 19.8. The third kappa shape index (κ3) is 3.90. The second-order valence-corrected chi connectivity index (χ2v) is 7.74. The number of benzene rings is 1. The fourth-order valence-corrected chi connectivity index (χ4v) is 4.55. The third-order valence-corrected chi connectivity index (χ3v) is 5.99. The minimum absolute atomic E-state index is 0.0576. The molecule has 3 saturated heterocycles. The van der Waals surface area contributed by atoms with Crippen molar-refractivity contribution >= 4 is 5.97 Å². The first-order valence-electron chi connectivity index (χ1n) is 8.94. The molecule has 3 aliphatic heterocycles. The number of hydrogen-bond acceptors (Lipinski definition) is 6. The fraction of sp³-hybridized carbons (Fsp3) is 0.611. The summed E-state index contributed by atoms with van der Waals surface area (Å²) in [6, 6.07) is 10.2. The summed E-state index contributed by atoms with van der Waals surface area (Å²) >= 11 is 0. The number of hydrogen-bond donors (Lipinski definition) is 2. The zero-order valence-corrected chi connectivity index (χ0v) is 15.3. The summed E-state index contributed by atoms with van der Waals surface area (Å²) < 4.78 is 12.5. The number of fused-ring (bicyclic) bond motifs is 5. The van der Waals surface area contributed by atoms with Crippen molar-refractivity contribution in [1.29, 1.82) is 0 Å². The van der Waals surface area contributed by atoms with Gasteiger partial charge >= 0.3 is 5.97 Å². The number of piperidine rings is 1. The van der Waals surface area contributed by atoms with Crippen LogP contribution in [0, 0.1) is 10.1 Å². The van der Waals surface area contributed by atoms with Crippen molar-refractivity contribution in [3.05, 3.63) is 46.0 Å². The van der Waals surface area contributed by atoms with Crippen LogP contribution >= 0.6 is 0 Å². The van der Waals surface area contributed by atoms with Gasteiger partial charge in [-0.15, -0.1) is 10.1 Å². The maximum atomic E-state index is 12.5. The highest BCUT2D eigenvalue weighted by atomic mass is 16.9. The highest BCUT2D eigenvalue weighted by molar-refractivity contribution is 5.78. The van der Waals surface area contributed by atoms with Crippen molar-refractivity contribution in [3.8, 4) is 0 Å². The lowest BCUT2D eigenvalue weighted by atomic mass is 9.95. The molecule has 0 radical (unpaired) electrons. The van der Waals surface area contributed by atoms with Crippen molar-refractivity contribution in [2.75, 3.05) is 20.7 Å². The van der Waals surface area contributed by atoms with Crippen LogP contribution in [0.15, 0.2) is 30.3 Å².